The minimum Gasteiger partial charge on any atom is -0.354 e. The van der Waals surface area contributed by atoms with Gasteiger partial charge in [-0.15, -0.1) is 0 Å². The lowest BCUT2D eigenvalue weighted by atomic mass is 10.1. The van der Waals surface area contributed by atoms with Crippen molar-refractivity contribution < 1.29 is 8.42 Å². The van der Waals surface area contributed by atoms with Crippen molar-refractivity contribution in [3.8, 4) is 11.4 Å². The normalized spacial score (nSPS) is 15.4. The van der Waals surface area contributed by atoms with Crippen molar-refractivity contribution in [2.75, 3.05) is 31.1 Å². The molecular formula is C22H24N4O2S. The van der Waals surface area contributed by atoms with E-state index in [-0.39, 0.29) is 0 Å². The van der Waals surface area contributed by atoms with E-state index in [1.165, 1.54) is 0 Å². The number of aryl methyl sites for hydroxylation is 2. The maximum Gasteiger partial charge on any atom is 0.243 e. The predicted octanol–water partition coefficient (Wildman–Crippen LogP) is 3.27. The number of hydrogen-bond acceptors (Lipinski definition) is 5. The largest absolute Gasteiger partial charge is 0.354 e. The van der Waals surface area contributed by atoms with E-state index >= 15 is 0 Å². The first kappa shape index (κ1) is 19.5. The second-order valence-electron chi connectivity index (χ2n) is 7.26. The van der Waals surface area contributed by atoms with E-state index < -0.39 is 10.0 Å². The summed E-state index contributed by atoms with van der Waals surface area (Å²) < 4.78 is 27.2. The average molecular weight is 409 g/mol. The van der Waals surface area contributed by atoms with Crippen LogP contribution in [0.25, 0.3) is 11.4 Å². The zero-order valence-corrected chi connectivity index (χ0v) is 17.4. The lowest BCUT2D eigenvalue weighted by Crippen LogP contribution is -2.49. The van der Waals surface area contributed by atoms with Gasteiger partial charge >= 0.3 is 0 Å². The molecule has 0 spiro atoms. The molecule has 0 radical (unpaired) electrons. The summed E-state index contributed by atoms with van der Waals surface area (Å²) in [6.07, 6.45) is 0. The summed E-state index contributed by atoms with van der Waals surface area (Å²) in [5.41, 5.74) is 3.04. The number of piperazine rings is 1. The van der Waals surface area contributed by atoms with E-state index in [2.05, 4.69) is 16.0 Å². The highest BCUT2D eigenvalue weighted by Gasteiger charge is 2.29. The third kappa shape index (κ3) is 4.16. The molecular weight excluding hydrogens is 384 g/mol. The zero-order chi connectivity index (χ0) is 20.4. The highest BCUT2D eigenvalue weighted by molar-refractivity contribution is 7.89. The van der Waals surface area contributed by atoms with Crippen molar-refractivity contribution in [1.82, 2.24) is 14.3 Å². The van der Waals surface area contributed by atoms with Gasteiger partial charge in [0.15, 0.2) is 5.82 Å². The van der Waals surface area contributed by atoms with Crippen LogP contribution in [-0.2, 0) is 10.0 Å². The lowest BCUT2D eigenvalue weighted by Gasteiger charge is -2.34. The van der Waals surface area contributed by atoms with Gasteiger partial charge < -0.3 is 4.90 Å². The Morgan fingerprint density at radius 3 is 2.24 bits per heavy atom. The van der Waals surface area contributed by atoms with E-state index in [1.807, 2.05) is 44.2 Å². The van der Waals surface area contributed by atoms with E-state index in [1.54, 1.807) is 28.6 Å². The number of aromatic nitrogens is 2. The molecule has 0 N–H and O–H groups in total. The van der Waals surface area contributed by atoms with Crippen LogP contribution < -0.4 is 4.90 Å². The van der Waals surface area contributed by atoms with Crippen molar-refractivity contribution in [3.63, 3.8) is 0 Å². The Morgan fingerprint density at radius 1 is 0.828 bits per heavy atom. The second-order valence-corrected chi connectivity index (χ2v) is 9.20. The predicted molar refractivity (Wildman–Crippen MR) is 114 cm³/mol. The molecule has 1 aromatic heterocycles. The first-order chi connectivity index (χ1) is 13.9. The molecule has 0 saturated carbocycles. The quantitative estimate of drug-likeness (QED) is 0.663. The molecule has 3 aromatic rings. The number of rotatable bonds is 4. The minimum atomic E-state index is -3.46. The molecule has 0 unspecified atom stereocenters. The first-order valence-electron chi connectivity index (χ1n) is 9.66. The van der Waals surface area contributed by atoms with E-state index in [9.17, 15) is 8.42 Å². The highest BCUT2D eigenvalue weighted by Crippen LogP contribution is 2.23. The SMILES string of the molecule is Cc1cccc(-c2nc(C)cc(N3CCN(S(=O)(=O)c4ccccc4)CC3)n2)c1. The average Bonchev–Trinajstić information content (AvgIpc) is 2.74. The van der Waals surface area contributed by atoms with Crippen LogP contribution in [0.1, 0.15) is 11.3 Å². The summed E-state index contributed by atoms with van der Waals surface area (Å²) in [4.78, 5) is 11.8. The van der Waals surface area contributed by atoms with Crippen LogP contribution in [0.5, 0.6) is 0 Å². The second kappa shape index (κ2) is 7.93. The number of nitrogens with zero attached hydrogens (tertiary/aromatic N) is 4. The third-order valence-corrected chi connectivity index (χ3v) is 6.97. The number of sulfonamides is 1. The monoisotopic (exact) mass is 408 g/mol. The number of hydrogen-bond donors (Lipinski definition) is 0. The summed E-state index contributed by atoms with van der Waals surface area (Å²) >= 11 is 0. The Labute approximate surface area is 171 Å². The molecule has 0 atom stereocenters. The van der Waals surface area contributed by atoms with Crippen LogP contribution in [-0.4, -0.2) is 48.9 Å². The highest BCUT2D eigenvalue weighted by atomic mass is 32.2. The molecule has 150 valence electrons. The third-order valence-electron chi connectivity index (χ3n) is 5.06. The van der Waals surface area contributed by atoms with Crippen LogP contribution in [0.2, 0.25) is 0 Å². The van der Waals surface area contributed by atoms with Gasteiger partial charge in [-0.25, -0.2) is 18.4 Å². The van der Waals surface area contributed by atoms with Gasteiger partial charge in [0.25, 0.3) is 0 Å². The van der Waals surface area contributed by atoms with Crippen LogP contribution in [0.4, 0.5) is 5.82 Å². The Balaban J connectivity index is 1.53. The first-order valence-corrected chi connectivity index (χ1v) is 11.1. The molecule has 0 amide bonds. The summed E-state index contributed by atoms with van der Waals surface area (Å²) in [5.74, 6) is 1.54. The Morgan fingerprint density at radius 2 is 1.55 bits per heavy atom. The Bertz CT molecular complexity index is 1110. The molecule has 29 heavy (non-hydrogen) atoms. The molecule has 1 aliphatic rings. The van der Waals surface area contributed by atoms with Crippen LogP contribution in [0.15, 0.2) is 65.6 Å². The number of benzene rings is 2. The molecule has 1 fully saturated rings. The zero-order valence-electron chi connectivity index (χ0n) is 16.6. The van der Waals surface area contributed by atoms with Gasteiger partial charge in [-0.1, -0.05) is 42.0 Å². The van der Waals surface area contributed by atoms with Gasteiger partial charge in [0, 0.05) is 43.5 Å². The molecule has 6 nitrogen and oxygen atoms in total. The topological polar surface area (TPSA) is 66.4 Å². The van der Waals surface area contributed by atoms with Gasteiger partial charge in [0.2, 0.25) is 10.0 Å². The van der Waals surface area contributed by atoms with Gasteiger partial charge in [-0.3, -0.25) is 0 Å². The smallest absolute Gasteiger partial charge is 0.243 e. The van der Waals surface area contributed by atoms with Crippen molar-refractivity contribution in [3.05, 3.63) is 71.9 Å². The van der Waals surface area contributed by atoms with Crippen molar-refractivity contribution in [1.29, 1.82) is 0 Å². The van der Waals surface area contributed by atoms with Crippen LogP contribution in [0.3, 0.4) is 0 Å². The molecule has 7 heteroatoms. The molecule has 4 rings (SSSR count). The van der Waals surface area contributed by atoms with E-state index in [0.717, 1.165) is 22.6 Å². The standard InChI is InChI=1S/C22H24N4O2S/c1-17-7-6-8-19(15-17)22-23-18(2)16-21(24-22)25-11-13-26(14-12-25)29(27,28)20-9-4-3-5-10-20/h3-10,15-16H,11-14H2,1-2H3. The van der Waals surface area contributed by atoms with Gasteiger partial charge in [0.1, 0.15) is 5.82 Å². The molecule has 2 heterocycles. The number of anilines is 1. The van der Waals surface area contributed by atoms with E-state index in [4.69, 9.17) is 4.98 Å². The molecule has 1 aliphatic heterocycles. The fourth-order valence-corrected chi connectivity index (χ4v) is 4.97. The Hall–Kier alpha value is -2.77. The van der Waals surface area contributed by atoms with Crippen molar-refractivity contribution in [2.24, 2.45) is 0 Å². The summed E-state index contributed by atoms with van der Waals surface area (Å²) in [5, 5.41) is 0. The summed E-state index contributed by atoms with van der Waals surface area (Å²) in [7, 11) is -3.46. The Kier molecular flexibility index (Phi) is 5.34. The maximum absolute atomic E-state index is 12.8. The minimum absolute atomic E-state index is 0.341. The summed E-state index contributed by atoms with van der Waals surface area (Å²) in [6, 6.07) is 18.7. The summed E-state index contributed by atoms with van der Waals surface area (Å²) in [6.45, 7) is 6.05. The van der Waals surface area contributed by atoms with Gasteiger partial charge in [0.05, 0.1) is 4.90 Å². The fourth-order valence-electron chi connectivity index (χ4n) is 3.53. The van der Waals surface area contributed by atoms with Gasteiger partial charge in [-0.05, 0) is 32.0 Å². The molecule has 1 saturated heterocycles. The van der Waals surface area contributed by atoms with Crippen molar-refractivity contribution >= 4 is 15.8 Å². The fraction of sp³-hybridized carbons (Fsp3) is 0.273. The van der Waals surface area contributed by atoms with Crippen LogP contribution >= 0.6 is 0 Å². The lowest BCUT2D eigenvalue weighted by molar-refractivity contribution is 0.384. The van der Waals surface area contributed by atoms with Gasteiger partial charge in [-0.2, -0.15) is 4.31 Å². The van der Waals surface area contributed by atoms with E-state index in [0.29, 0.717) is 36.9 Å². The molecule has 0 aliphatic carbocycles. The maximum atomic E-state index is 12.8. The molecule has 0 bridgehead atoms. The van der Waals surface area contributed by atoms with Crippen molar-refractivity contribution in [2.45, 2.75) is 18.7 Å². The van der Waals surface area contributed by atoms with Crippen LogP contribution in [0, 0.1) is 13.8 Å². The molecule has 2 aromatic carbocycles.